The zero-order chi connectivity index (χ0) is 11.6. The van der Waals surface area contributed by atoms with E-state index in [0.717, 1.165) is 13.0 Å². The molecule has 15 heavy (non-hydrogen) atoms. The summed E-state index contributed by atoms with van der Waals surface area (Å²) in [5, 5.41) is 9.37. The molecule has 0 radical (unpaired) electrons. The molecule has 0 bridgehead atoms. The Bertz CT molecular complexity index is 234. The maximum absolute atomic E-state index is 11.7. The highest BCUT2D eigenvalue weighted by Crippen LogP contribution is 2.16. The van der Waals surface area contributed by atoms with Crippen molar-refractivity contribution >= 4 is 5.97 Å². The molecular formula is C11H21NO3. The van der Waals surface area contributed by atoms with Gasteiger partial charge in [0.2, 0.25) is 0 Å². The summed E-state index contributed by atoms with van der Waals surface area (Å²) in [5.41, 5.74) is -0.441. The van der Waals surface area contributed by atoms with Crippen LogP contribution < -0.4 is 0 Å². The Labute approximate surface area is 91.2 Å². The average molecular weight is 215 g/mol. The molecule has 0 saturated carbocycles. The van der Waals surface area contributed by atoms with Gasteiger partial charge in [-0.3, -0.25) is 9.69 Å². The summed E-state index contributed by atoms with van der Waals surface area (Å²) in [6.07, 6.45) is 0.447. The van der Waals surface area contributed by atoms with Crippen LogP contribution >= 0.6 is 0 Å². The highest BCUT2D eigenvalue weighted by molar-refractivity contribution is 5.75. The fourth-order valence-corrected chi connectivity index (χ4v) is 1.66. The Kier molecular flexibility index (Phi) is 3.73. The molecule has 0 aromatic carbocycles. The van der Waals surface area contributed by atoms with Crippen LogP contribution in [0, 0.1) is 0 Å². The lowest BCUT2D eigenvalue weighted by Crippen LogP contribution is -2.41. The number of aliphatic hydroxyl groups excluding tert-OH is 1. The Morgan fingerprint density at radius 3 is 2.53 bits per heavy atom. The van der Waals surface area contributed by atoms with Crippen molar-refractivity contribution in [1.82, 2.24) is 4.90 Å². The maximum atomic E-state index is 11.7. The normalized spacial score (nSPS) is 25.3. The highest BCUT2D eigenvalue weighted by atomic mass is 16.6. The fourth-order valence-electron chi connectivity index (χ4n) is 1.66. The van der Waals surface area contributed by atoms with Crippen LogP contribution in [0.15, 0.2) is 0 Å². The molecule has 1 aliphatic heterocycles. The third kappa shape index (κ3) is 3.80. The summed E-state index contributed by atoms with van der Waals surface area (Å²) < 4.78 is 5.28. The second-order valence-electron chi connectivity index (χ2n) is 5.15. The minimum atomic E-state index is -0.441. The number of aliphatic hydroxyl groups is 1. The summed E-state index contributed by atoms with van der Waals surface area (Å²) in [4.78, 5) is 13.7. The minimum Gasteiger partial charge on any atom is -0.459 e. The SMILES string of the molecule is CC(C(=O)OC(C)(C)C)N1CC[C@H](O)C1. The van der Waals surface area contributed by atoms with E-state index in [9.17, 15) is 9.90 Å². The molecule has 0 amide bonds. The Hall–Kier alpha value is -0.610. The standard InChI is InChI=1S/C11H21NO3/c1-8(10(14)15-11(2,3)4)12-6-5-9(13)7-12/h8-9,13H,5-7H2,1-4H3/t8?,9-/m0/s1. The first-order chi connectivity index (χ1) is 6.79. The number of β-amino-alcohol motifs (C(OH)–C–C–N with tert-alkyl or cyclic N) is 1. The first-order valence-electron chi connectivity index (χ1n) is 5.44. The van der Waals surface area contributed by atoms with Crippen LogP contribution in [0.1, 0.15) is 34.1 Å². The molecule has 88 valence electrons. The van der Waals surface area contributed by atoms with E-state index in [-0.39, 0.29) is 18.1 Å². The van der Waals surface area contributed by atoms with E-state index in [1.807, 2.05) is 32.6 Å². The zero-order valence-electron chi connectivity index (χ0n) is 9.99. The molecule has 1 fully saturated rings. The first kappa shape index (κ1) is 12.5. The van der Waals surface area contributed by atoms with Crippen molar-refractivity contribution in [3.63, 3.8) is 0 Å². The molecule has 1 unspecified atom stereocenters. The smallest absolute Gasteiger partial charge is 0.323 e. The van der Waals surface area contributed by atoms with Crippen LogP contribution in [-0.2, 0) is 9.53 Å². The number of hydrogen-bond donors (Lipinski definition) is 1. The molecule has 1 N–H and O–H groups in total. The van der Waals surface area contributed by atoms with E-state index in [2.05, 4.69) is 0 Å². The van der Waals surface area contributed by atoms with Crippen LogP contribution in [0.5, 0.6) is 0 Å². The highest BCUT2D eigenvalue weighted by Gasteiger charge is 2.31. The molecule has 0 aromatic rings. The van der Waals surface area contributed by atoms with E-state index in [0.29, 0.717) is 6.54 Å². The second-order valence-corrected chi connectivity index (χ2v) is 5.15. The van der Waals surface area contributed by atoms with Crippen molar-refractivity contribution in [1.29, 1.82) is 0 Å². The third-order valence-electron chi connectivity index (χ3n) is 2.49. The quantitative estimate of drug-likeness (QED) is 0.692. The molecule has 4 heteroatoms. The van der Waals surface area contributed by atoms with Crippen LogP contribution in [0.3, 0.4) is 0 Å². The molecule has 1 heterocycles. The number of rotatable bonds is 2. The van der Waals surface area contributed by atoms with Gasteiger partial charge in [0.1, 0.15) is 11.6 Å². The largest absolute Gasteiger partial charge is 0.459 e. The molecule has 1 rings (SSSR count). The van der Waals surface area contributed by atoms with E-state index < -0.39 is 5.60 Å². The fraction of sp³-hybridized carbons (Fsp3) is 0.909. The molecule has 0 spiro atoms. The van der Waals surface area contributed by atoms with Crippen LogP contribution in [0.2, 0.25) is 0 Å². The van der Waals surface area contributed by atoms with Gasteiger partial charge in [0.05, 0.1) is 6.10 Å². The number of likely N-dealkylation sites (tertiary alicyclic amines) is 1. The number of carbonyl (C=O) groups is 1. The van der Waals surface area contributed by atoms with E-state index in [4.69, 9.17) is 4.74 Å². The van der Waals surface area contributed by atoms with Crippen molar-refractivity contribution in [3.8, 4) is 0 Å². The zero-order valence-corrected chi connectivity index (χ0v) is 9.99. The molecular weight excluding hydrogens is 194 g/mol. The van der Waals surface area contributed by atoms with Crippen molar-refractivity contribution in [3.05, 3.63) is 0 Å². The van der Waals surface area contributed by atoms with Gasteiger partial charge in [-0.25, -0.2) is 0 Å². The van der Waals surface area contributed by atoms with Gasteiger partial charge in [-0.15, -0.1) is 0 Å². The first-order valence-corrected chi connectivity index (χ1v) is 5.44. The van der Waals surface area contributed by atoms with Gasteiger partial charge in [0, 0.05) is 13.1 Å². The van der Waals surface area contributed by atoms with Crippen LogP contribution in [0.25, 0.3) is 0 Å². The van der Waals surface area contributed by atoms with Crippen molar-refractivity contribution in [2.24, 2.45) is 0 Å². The lowest BCUT2D eigenvalue weighted by Gasteiger charge is -2.27. The van der Waals surface area contributed by atoms with Crippen LogP contribution in [0.4, 0.5) is 0 Å². The topological polar surface area (TPSA) is 49.8 Å². The second kappa shape index (κ2) is 4.49. The van der Waals surface area contributed by atoms with E-state index in [1.165, 1.54) is 0 Å². The Morgan fingerprint density at radius 1 is 1.53 bits per heavy atom. The summed E-state index contributed by atoms with van der Waals surface area (Å²) in [6, 6.07) is -0.263. The van der Waals surface area contributed by atoms with Gasteiger partial charge < -0.3 is 9.84 Å². The average Bonchev–Trinajstić information content (AvgIpc) is 2.47. The predicted octanol–water partition coefficient (Wildman–Crippen LogP) is 0.783. The summed E-state index contributed by atoms with van der Waals surface area (Å²) in [7, 11) is 0. The van der Waals surface area contributed by atoms with Crippen molar-refractivity contribution < 1.29 is 14.6 Å². The Morgan fingerprint density at radius 2 is 2.13 bits per heavy atom. The van der Waals surface area contributed by atoms with Crippen molar-refractivity contribution in [2.45, 2.75) is 51.9 Å². The van der Waals surface area contributed by atoms with E-state index in [1.54, 1.807) is 0 Å². The number of ether oxygens (including phenoxy) is 1. The monoisotopic (exact) mass is 215 g/mol. The minimum absolute atomic E-state index is 0.211. The lowest BCUT2D eigenvalue weighted by molar-refractivity contribution is -0.160. The maximum Gasteiger partial charge on any atom is 0.323 e. The molecule has 0 aliphatic carbocycles. The summed E-state index contributed by atoms with van der Waals surface area (Å²) in [6.45, 7) is 8.73. The molecule has 1 saturated heterocycles. The number of hydrogen-bond acceptors (Lipinski definition) is 4. The number of nitrogens with zero attached hydrogens (tertiary/aromatic N) is 1. The third-order valence-corrected chi connectivity index (χ3v) is 2.49. The van der Waals surface area contributed by atoms with Gasteiger partial charge in [0.15, 0.2) is 0 Å². The number of carbonyl (C=O) groups excluding carboxylic acids is 1. The molecule has 1 aliphatic rings. The molecule has 2 atom stereocenters. The molecule has 4 nitrogen and oxygen atoms in total. The van der Waals surface area contributed by atoms with Gasteiger partial charge in [-0.2, -0.15) is 0 Å². The van der Waals surface area contributed by atoms with Gasteiger partial charge in [-0.05, 0) is 34.1 Å². The van der Waals surface area contributed by atoms with Gasteiger partial charge in [0.25, 0.3) is 0 Å². The molecule has 0 aromatic heterocycles. The predicted molar refractivity (Wildman–Crippen MR) is 57.5 cm³/mol. The van der Waals surface area contributed by atoms with E-state index >= 15 is 0 Å². The van der Waals surface area contributed by atoms with Crippen LogP contribution in [-0.4, -0.2) is 46.8 Å². The Balaban J connectivity index is 2.46. The van der Waals surface area contributed by atoms with Crippen molar-refractivity contribution in [2.75, 3.05) is 13.1 Å². The van der Waals surface area contributed by atoms with Gasteiger partial charge >= 0.3 is 5.97 Å². The number of esters is 1. The summed E-state index contributed by atoms with van der Waals surface area (Å²) in [5.74, 6) is -0.211. The van der Waals surface area contributed by atoms with Gasteiger partial charge in [-0.1, -0.05) is 0 Å². The lowest BCUT2D eigenvalue weighted by atomic mass is 10.2. The summed E-state index contributed by atoms with van der Waals surface area (Å²) >= 11 is 0.